The molecule has 0 spiro atoms. The smallest absolute Gasteiger partial charge is 0.118 e. The van der Waals surface area contributed by atoms with Crippen LogP contribution < -0.4 is 5.36 Å². The maximum atomic E-state index is 9.58. The third-order valence-corrected chi connectivity index (χ3v) is 3.97. The quantitative estimate of drug-likeness (QED) is 0.372. The highest BCUT2D eigenvalue weighted by molar-refractivity contribution is 6.16. The molecule has 0 atom stereocenters. The van der Waals surface area contributed by atoms with Gasteiger partial charge in [0.05, 0.1) is 0 Å². The van der Waals surface area contributed by atoms with Gasteiger partial charge >= 0.3 is 0 Å². The van der Waals surface area contributed by atoms with Gasteiger partial charge in [-0.25, -0.2) is 0 Å². The van der Waals surface area contributed by atoms with Crippen LogP contribution in [0.15, 0.2) is 78.0 Å². The van der Waals surface area contributed by atoms with E-state index in [2.05, 4.69) is 29.4 Å². The van der Waals surface area contributed by atoms with Gasteiger partial charge in [0.1, 0.15) is 5.36 Å². The fourth-order valence-corrected chi connectivity index (χ4v) is 3.05. The van der Waals surface area contributed by atoms with Crippen molar-refractivity contribution in [1.29, 1.82) is 0 Å². The topological polar surface area (TPSA) is 32.6 Å². The van der Waals surface area contributed by atoms with E-state index >= 15 is 0 Å². The molecule has 2 nitrogen and oxygen atoms in total. The van der Waals surface area contributed by atoms with Crippen molar-refractivity contribution < 1.29 is 5.21 Å². The highest BCUT2D eigenvalue weighted by Gasteiger charge is 2.06. The molecular formula is C19H13NO. The second kappa shape index (κ2) is 4.60. The van der Waals surface area contributed by atoms with Crippen LogP contribution >= 0.6 is 0 Å². The second-order valence-corrected chi connectivity index (χ2v) is 5.09. The summed E-state index contributed by atoms with van der Waals surface area (Å²) in [6.45, 7) is 0. The van der Waals surface area contributed by atoms with Crippen molar-refractivity contribution in [3.05, 3.63) is 78.2 Å². The zero-order valence-corrected chi connectivity index (χ0v) is 11.3. The molecule has 0 saturated carbocycles. The van der Waals surface area contributed by atoms with Gasteiger partial charge < -0.3 is 5.21 Å². The van der Waals surface area contributed by atoms with Gasteiger partial charge in [0, 0.05) is 10.8 Å². The first-order chi connectivity index (χ1) is 10.4. The number of rotatable bonds is 0. The zero-order chi connectivity index (χ0) is 14.2. The van der Waals surface area contributed by atoms with Gasteiger partial charge in [-0.15, -0.1) is 0 Å². The lowest BCUT2D eigenvalue weighted by Crippen LogP contribution is -2.01. The molecule has 1 N–H and O–H groups in total. The van der Waals surface area contributed by atoms with Crippen LogP contribution in [0.25, 0.3) is 32.3 Å². The lowest BCUT2D eigenvalue weighted by molar-refractivity contribution is 0.304. The lowest BCUT2D eigenvalue weighted by Gasteiger charge is -1.98. The Morgan fingerprint density at radius 1 is 0.476 bits per heavy atom. The number of hydrogen-bond donors (Lipinski definition) is 1. The Bertz CT molecular complexity index is 970. The maximum Gasteiger partial charge on any atom is 0.118 e. The van der Waals surface area contributed by atoms with E-state index in [1.165, 1.54) is 10.8 Å². The van der Waals surface area contributed by atoms with E-state index in [-0.39, 0.29) is 0 Å². The average Bonchev–Trinajstić information content (AvgIpc) is 2.68. The normalized spacial score (nSPS) is 11.0. The van der Waals surface area contributed by atoms with E-state index in [4.69, 9.17) is 0 Å². The van der Waals surface area contributed by atoms with Crippen LogP contribution in [0, 0.1) is 0 Å². The molecule has 4 aromatic rings. The second-order valence-electron chi connectivity index (χ2n) is 5.09. The minimum Gasteiger partial charge on any atom is -0.410 e. The number of hydrogen-bond acceptors (Lipinski definition) is 2. The Balaban J connectivity index is 2.55. The summed E-state index contributed by atoms with van der Waals surface area (Å²) in [7, 11) is 0. The maximum absolute atomic E-state index is 9.58. The minimum atomic E-state index is 0.623. The summed E-state index contributed by atoms with van der Waals surface area (Å²) in [5, 5.41) is 20.2. The van der Waals surface area contributed by atoms with Crippen LogP contribution in [-0.4, -0.2) is 5.21 Å². The van der Waals surface area contributed by atoms with Crippen molar-refractivity contribution in [1.82, 2.24) is 0 Å². The molecule has 21 heavy (non-hydrogen) atoms. The molecule has 0 aromatic heterocycles. The van der Waals surface area contributed by atoms with Crippen molar-refractivity contribution in [2.75, 3.05) is 0 Å². The molecule has 100 valence electrons. The summed E-state index contributed by atoms with van der Waals surface area (Å²) in [4.78, 5) is 0. The monoisotopic (exact) mass is 271 g/mol. The molecule has 0 aliphatic carbocycles. The standard InChI is InChI=1S/C19H13NO/c21-20-19-17-11-5-3-9-15(17)13-7-1-2-8-14(13)16-10-4-6-12-18(16)19/h1-12,21H. The van der Waals surface area contributed by atoms with Crippen LogP contribution in [0.1, 0.15) is 0 Å². The van der Waals surface area contributed by atoms with Gasteiger partial charge in [-0.2, -0.15) is 0 Å². The van der Waals surface area contributed by atoms with Crippen LogP contribution in [0.2, 0.25) is 0 Å². The lowest BCUT2D eigenvalue weighted by atomic mass is 10.1. The molecule has 0 heterocycles. The van der Waals surface area contributed by atoms with Crippen molar-refractivity contribution in [3.8, 4) is 0 Å². The van der Waals surface area contributed by atoms with Gasteiger partial charge in [-0.1, -0.05) is 78.0 Å². The van der Waals surface area contributed by atoms with E-state index in [1.807, 2.05) is 48.5 Å². The molecular weight excluding hydrogens is 258 g/mol. The summed E-state index contributed by atoms with van der Waals surface area (Å²) >= 11 is 0. The first-order valence-corrected chi connectivity index (χ1v) is 6.91. The van der Waals surface area contributed by atoms with Gasteiger partial charge in [-0.05, 0) is 21.5 Å². The van der Waals surface area contributed by atoms with Gasteiger partial charge in [0.2, 0.25) is 0 Å². The predicted octanol–water partition coefficient (Wildman–Crippen LogP) is 4.44. The zero-order valence-electron chi connectivity index (χ0n) is 11.3. The molecule has 0 unspecified atom stereocenters. The Kier molecular flexibility index (Phi) is 2.61. The first-order valence-electron chi connectivity index (χ1n) is 6.91. The Morgan fingerprint density at radius 2 is 0.762 bits per heavy atom. The summed E-state index contributed by atoms with van der Waals surface area (Å²) in [5.74, 6) is 0. The van der Waals surface area contributed by atoms with Crippen LogP contribution in [0.4, 0.5) is 0 Å². The molecule has 0 fully saturated rings. The molecule has 0 saturated heterocycles. The molecule has 0 bridgehead atoms. The first kappa shape index (κ1) is 11.9. The summed E-state index contributed by atoms with van der Waals surface area (Å²) < 4.78 is 0. The number of nitrogens with zero attached hydrogens (tertiary/aromatic N) is 1. The van der Waals surface area contributed by atoms with Crippen LogP contribution in [0.5, 0.6) is 0 Å². The van der Waals surface area contributed by atoms with E-state index in [0.29, 0.717) is 5.36 Å². The van der Waals surface area contributed by atoms with Gasteiger partial charge in [-0.3, -0.25) is 0 Å². The SMILES string of the molecule is ON=c1c2ccccc2c2ccccc2c2ccccc12. The van der Waals surface area contributed by atoms with Gasteiger partial charge in [0.25, 0.3) is 0 Å². The summed E-state index contributed by atoms with van der Waals surface area (Å²) in [6.07, 6.45) is 0. The van der Waals surface area contributed by atoms with Gasteiger partial charge in [0.15, 0.2) is 0 Å². The fourth-order valence-electron chi connectivity index (χ4n) is 3.05. The molecule has 0 aliphatic heterocycles. The van der Waals surface area contributed by atoms with E-state index in [0.717, 1.165) is 21.5 Å². The highest BCUT2D eigenvalue weighted by atomic mass is 16.4. The number of fused-ring (bicyclic) bond motifs is 5. The van der Waals surface area contributed by atoms with Crippen molar-refractivity contribution in [3.63, 3.8) is 0 Å². The fraction of sp³-hybridized carbons (Fsp3) is 0. The van der Waals surface area contributed by atoms with Crippen molar-refractivity contribution >= 4 is 32.3 Å². The summed E-state index contributed by atoms with van der Waals surface area (Å²) in [5.41, 5.74) is 0. The third kappa shape index (κ3) is 1.69. The Hall–Kier alpha value is -2.87. The molecule has 2 heteroatoms. The Labute approximate surface area is 121 Å². The van der Waals surface area contributed by atoms with E-state index in [1.54, 1.807) is 0 Å². The largest absolute Gasteiger partial charge is 0.410 e. The van der Waals surface area contributed by atoms with Crippen LogP contribution in [-0.2, 0) is 0 Å². The molecule has 4 rings (SSSR count). The third-order valence-electron chi connectivity index (χ3n) is 3.97. The van der Waals surface area contributed by atoms with E-state index < -0.39 is 0 Å². The van der Waals surface area contributed by atoms with E-state index in [9.17, 15) is 5.21 Å². The summed E-state index contributed by atoms with van der Waals surface area (Å²) in [6, 6.07) is 24.4. The molecule has 4 aromatic carbocycles. The molecule has 0 radical (unpaired) electrons. The highest BCUT2D eigenvalue weighted by Crippen LogP contribution is 2.27. The van der Waals surface area contributed by atoms with Crippen LogP contribution in [0.3, 0.4) is 0 Å². The van der Waals surface area contributed by atoms with Crippen molar-refractivity contribution in [2.45, 2.75) is 0 Å². The molecule has 0 amide bonds. The van der Waals surface area contributed by atoms with Crippen molar-refractivity contribution in [2.24, 2.45) is 5.16 Å². The predicted molar refractivity (Wildman–Crippen MR) is 86.3 cm³/mol. The molecule has 0 aliphatic rings. The number of benzene rings is 3. The Morgan fingerprint density at radius 3 is 1.10 bits per heavy atom. The average molecular weight is 271 g/mol. The minimum absolute atomic E-state index is 0.623.